The molecule has 0 fully saturated rings. The van der Waals surface area contributed by atoms with Gasteiger partial charge in [-0.1, -0.05) is 12.1 Å². The van der Waals surface area contributed by atoms with Gasteiger partial charge in [-0.3, -0.25) is 4.79 Å². The summed E-state index contributed by atoms with van der Waals surface area (Å²) >= 11 is 0. The number of carbonyl (C=O) groups excluding carboxylic acids is 1. The van der Waals surface area contributed by atoms with E-state index in [4.69, 9.17) is 0 Å². The number of rotatable bonds is 5. The van der Waals surface area contributed by atoms with Crippen LogP contribution in [0, 0.1) is 0 Å². The van der Waals surface area contributed by atoms with E-state index in [2.05, 4.69) is 0 Å². The van der Waals surface area contributed by atoms with Crippen molar-refractivity contribution >= 4 is 5.78 Å². The fourth-order valence-electron chi connectivity index (χ4n) is 1.61. The number of benzene rings is 1. The van der Waals surface area contributed by atoms with Crippen LogP contribution in [0.1, 0.15) is 30.4 Å². The lowest BCUT2D eigenvalue weighted by molar-refractivity contribution is -0.138. The number of halogens is 6. The molecular weight excluding hydrogens is 286 g/mol. The summed E-state index contributed by atoms with van der Waals surface area (Å²) in [6, 6.07) is 4.01. The maximum atomic E-state index is 12.3. The van der Waals surface area contributed by atoms with Gasteiger partial charge in [-0.25, -0.2) is 0 Å². The van der Waals surface area contributed by atoms with Gasteiger partial charge in [0.2, 0.25) is 0 Å². The third-order valence-corrected chi connectivity index (χ3v) is 2.60. The highest BCUT2D eigenvalue weighted by atomic mass is 19.4. The van der Waals surface area contributed by atoms with E-state index < -0.39 is 30.1 Å². The van der Waals surface area contributed by atoms with Gasteiger partial charge in [0.25, 0.3) is 0 Å². The van der Waals surface area contributed by atoms with Crippen LogP contribution in [-0.2, 0) is 17.4 Å². The SMILES string of the molecule is O=C(CCCC(F)(F)F)Cc1ccc(C(F)(F)F)cc1. The summed E-state index contributed by atoms with van der Waals surface area (Å²) in [4.78, 5) is 11.4. The molecule has 112 valence electrons. The molecule has 0 unspecified atom stereocenters. The van der Waals surface area contributed by atoms with Crippen LogP contribution in [0.4, 0.5) is 26.3 Å². The summed E-state index contributed by atoms with van der Waals surface area (Å²) in [7, 11) is 0. The van der Waals surface area contributed by atoms with Crippen molar-refractivity contribution in [3.05, 3.63) is 35.4 Å². The second-order valence-electron chi connectivity index (χ2n) is 4.38. The molecule has 0 radical (unpaired) electrons. The van der Waals surface area contributed by atoms with Gasteiger partial charge in [-0.05, 0) is 24.1 Å². The zero-order chi connectivity index (χ0) is 15.4. The Hall–Kier alpha value is -1.53. The average molecular weight is 298 g/mol. The highest BCUT2D eigenvalue weighted by Crippen LogP contribution is 2.29. The molecule has 1 aromatic carbocycles. The van der Waals surface area contributed by atoms with Crippen LogP contribution in [-0.4, -0.2) is 12.0 Å². The molecule has 0 spiro atoms. The lowest BCUT2D eigenvalue weighted by atomic mass is 10.0. The predicted octanol–water partition coefficient (Wildman–Crippen LogP) is 4.55. The van der Waals surface area contributed by atoms with Gasteiger partial charge in [0.05, 0.1) is 5.56 Å². The first-order chi connectivity index (χ1) is 9.08. The molecule has 0 N–H and O–H groups in total. The summed E-state index contributed by atoms with van der Waals surface area (Å²) in [6.07, 6.45) is -10.5. The van der Waals surface area contributed by atoms with E-state index in [9.17, 15) is 31.1 Å². The van der Waals surface area contributed by atoms with Crippen molar-refractivity contribution in [1.29, 1.82) is 0 Å². The largest absolute Gasteiger partial charge is 0.416 e. The van der Waals surface area contributed by atoms with Crippen LogP contribution in [0.3, 0.4) is 0 Å². The number of carbonyl (C=O) groups is 1. The third kappa shape index (κ3) is 6.08. The predicted molar refractivity (Wildman–Crippen MR) is 60.1 cm³/mol. The van der Waals surface area contributed by atoms with E-state index in [1.807, 2.05) is 0 Å². The Morgan fingerprint density at radius 1 is 0.950 bits per heavy atom. The lowest BCUT2D eigenvalue weighted by Gasteiger charge is -2.08. The maximum absolute atomic E-state index is 12.3. The first kappa shape index (κ1) is 16.5. The fraction of sp³-hybridized carbons (Fsp3) is 0.462. The van der Waals surface area contributed by atoms with Crippen molar-refractivity contribution in [3.8, 4) is 0 Å². The molecule has 1 aromatic rings. The molecule has 0 amide bonds. The third-order valence-electron chi connectivity index (χ3n) is 2.60. The molecule has 1 rings (SSSR count). The van der Waals surface area contributed by atoms with Crippen LogP contribution in [0.25, 0.3) is 0 Å². The lowest BCUT2D eigenvalue weighted by Crippen LogP contribution is -2.10. The molecule has 0 aliphatic carbocycles. The minimum Gasteiger partial charge on any atom is -0.299 e. The van der Waals surface area contributed by atoms with Crippen LogP contribution < -0.4 is 0 Å². The number of ketones is 1. The second kappa shape index (κ2) is 6.28. The number of Topliss-reactive ketones (excluding diaryl/α,β-unsaturated/α-hetero) is 1. The average Bonchev–Trinajstić information content (AvgIpc) is 2.26. The van der Waals surface area contributed by atoms with E-state index in [0.717, 1.165) is 24.3 Å². The Morgan fingerprint density at radius 2 is 1.50 bits per heavy atom. The van der Waals surface area contributed by atoms with Gasteiger partial charge < -0.3 is 0 Å². The van der Waals surface area contributed by atoms with Gasteiger partial charge >= 0.3 is 12.4 Å². The van der Waals surface area contributed by atoms with Crippen molar-refractivity contribution in [2.45, 2.75) is 38.0 Å². The van der Waals surface area contributed by atoms with Crippen molar-refractivity contribution < 1.29 is 31.1 Å². The summed E-state index contributed by atoms with van der Waals surface area (Å²) in [6.45, 7) is 0. The van der Waals surface area contributed by atoms with Gasteiger partial charge in [0.15, 0.2) is 0 Å². The molecule has 0 bridgehead atoms. The molecule has 20 heavy (non-hydrogen) atoms. The van der Waals surface area contributed by atoms with Crippen molar-refractivity contribution in [2.75, 3.05) is 0 Å². The molecule has 0 aromatic heterocycles. The van der Waals surface area contributed by atoms with Gasteiger partial charge in [-0.2, -0.15) is 26.3 Å². The molecule has 0 saturated carbocycles. The van der Waals surface area contributed by atoms with Crippen molar-refractivity contribution in [1.82, 2.24) is 0 Å². The molecule has 0 atom stereocenters. The Labute approximate surface area is 111 Å². The van der Waals surface area contributed by atoms with E-state index in [0.29, 0.717) is 5.56 Å². The molecular formula is C13H12F6O. The molecule has 0 aliphatic rings. The van der Waals surface area contributed by atoms with E-state index >= 15 is 0 Å². The second-order valence-corrected chi connectivity index (χ2v) is 4.38. The quantitative estimate of drug-likeness (QED) is 0.729. The molecule has 7 heteroatoms. The summed E-state index contributed by atoms with van der Waals surface area (Å²) in [5.41, 5.74) is -0.472. The topological polar surface area (TPSA) is 17.1 Å². The zero-order valence-electron chi connectivity index (χ0n) is 10.3. The molecule has 0 aliphatic heterocycles. The normalized spacial score (nSPS) is 12.5. The number of alkyl halides is 6. The minimum absolute atomic E-state index is 0.157. The minimum atomic E-state index is -4.45. The number of hydrogen-bond donors (Lipinski definition) is 0. The summed E-state index contributed by atoms with van der Waals surface area (Å²) < 4.78 is 72.5. The first-order valence-corrected chi connectivity index (χ1v) is 5.82. The number of hydrogen-bond acceptors (Lipinski definition) is 1. The van der Waals surface area contributed by atoms with Crippen LogP contribution >= 0.6 is 0 Å². The summed E-state index contributed by atoms with van der Waals surface area (Å²) in [5, 5.41) is 0. The zero-order valence-corrected chi connectivity index (χ0v) is 10.3. The van der Waals surface area contributed by atoms with Crippen LogP contribution in [0.5, 0.6) is 0 Å². The Kier molecular flexibility index (Phi) is 5.19. The Balaban J connectivity index is 2.47. The fourth-order valence-corrected chi connectivity index (χ4v) is 1.61. The van der Waals surface area contributed by atoms with Crippen LogP contribution in [0.15, 0.2) is 24.3 Å². The van der Waals surface area contributed by atoms with Gasteiger partial charge in [-0.15, -0.1) is 0 Å². The van der Waals surface area contributed by atoms with Crippen molar-refractivity contribution in [3.63, 3.8) is 0 Å². The molecule has 0 heterocycles. The highest BCUT2D eigenvalue weighted by Gasteiger charge is 2.30. The van der Waals surface area contributed by atoms with Gasteiger partial charge in [0.1, 0.15) is 5.78 Å². The maximum Gasteiger partial charge on any atom is 0.416 e. The van der Waals surface area contributed by atoms with Crippen LogP contribution in [0.2, 0.25) is 0 Å². The summed E-state index contributed by atoms with van der Waals surface area (Å²) in [5.74, 6) is -0.422. The standard InChI is InChI=1S/C13H12F6O/c14-12(15,16)7-1-2-11(20)8-9-3-5-10(6-4-9)13(17,18)19/h3-6H,1-2,7-8H2. The monoisotopic (exact) mass is 298 g/mol. The van der Waals surface area contributed by atoms with Gasteiger partial charge in [0, 0.05) is 19.3 Å². The molecule has 1 nitrogen and oxygen atoms in total. The van der Waals surface area contributed by atoms with E-state index in [-0.39, 0.29) is 19.3 Å². The Bertz CT molecular complexity index is 443. The first-order valence-electron chi connectivity index (χ1n) is 5.82. The van der Waals surface area contributed by atoms with E-state index in [1.165, 1.54) is 0 Å². The van der Waals surface area contributed by atoms with Crippen molar-refractivity contribution in [2.24, 2.45) is 0 Å². The smallest absolute Gasteiger partial charge is 0.299 e. The highest BCUT2D eigenvalue weighted by molar-refractivity contribution is 5.80. The Morgan fingerprint density at radius 3 is 1.95 bits per heavy atom. The molecule has 0 saturated heterocycles. The van der Waals surface area contributed by atoms with E-state index in [1.54, 1.807) is 0 Å².